The number of nitro benzene ring substituents is 1. The predicted molar refractivity (Wildman–Crippen MR) is 126 cm³/mol. The Labute approximate surface area is 195 Å². The monoisotopic (exact) mass is 471 g/mol. The standard InChI is InChI=1S/C22H25N5O5S/c1-4-5-12-26-21(15-6-8-16(31-2)9-7-15)24-25-22(26)33-14-20(28)23-18-11-10-17(32-3)13-19(18)27(29)30/h6-11,13H,4-5,12,14H2,1-3H3,(H,23,28). The van der Waals surface area contributed by atoms with Crippen LogP contribution < -0.4 is 14.8 Å². The van der Waals surface area contributed by atoms with Crippen molar-refractivity contribution in [3.8, 4) is 22.9 Å². The van der Waals surface area contributed by atoms with Gasteiger partial charge in [0.1, 0.15) is 17.2 Å². The van der Waals surface area contributed by atoms with E-state index in [4.69, 9.17) is 9.47 Å². The molecule has 1 amide bonds. The summed E-state index contributed by atoms with van der Waals surface area (Å²) in [5, 5.41) is 23.1. The first-order chi connectivity index (χ1) is 16.0. The number of carbonyl (C=O) groups excluding carboxylic acids is 1. The summed E-state index contributed by atoms with van der Waals surface area (Å²) in [5.74, 6) is 1.43. The van der Waals surface area contributed by atoms with Crippen molar-refractivity contribution < 1.29 is 19.2 Å². The van der Waals surface area contributed by atoms with Crippen molar-refractivity contribution in [1.29, 1.82) is 0 Å². The number of amides is 1. The van der Waals surface area contributed by atoms with E-state index in [0.29, 0.717) is 23.3 Å². The smallest absolute Gasteiger partial charge is 0.296 e. The predicted octanol–water partition coefficient (Wildman–Crippen LogP) is 4.40. The van der Waals surface area contributed by atoms with Crippen molar-refractivity contribution in [2.45, 2.75) is 31.5 Å². The first-order valence-electron chi connectivity index (χ1n) is 10.3. The van der Waals surface area contributed by atoms with Crippen molar-refractivity contribution in [2.75, 3.05) is 25.3 Å². The Hall–Kier alpha value is -3.60. The highest BCUT2D eigenvalue weighted by Crippen LogP contribution is 2.30. The third kappa shape index (κ3) is 6.01. The number of ether oxygens (including phenoxy) is 2. The number of unbranched alkanes of at least 4 members (excludes halogenated alkanes) is 1. The Bertz CT molecular complexity index is 1120. The Balaban J connectivity index is 1.74. The second-order valence-electron chi connectivity index (χ2n) is 7.02. The van der Waals surface area contributed by atoms with Crippen LogP contribution in [0.4, 0.5) is 11.4 Å². The molecule has 0 aliphatic rings. The molecule has 10 nitrogen and oxygen atoms in total. The Morgan fingerprint density at radius 3 is 2.45 bits per heavy atom. The molecule has 174 valence electrons. The second-order valence-corrected chi connectivity index (χ2v) is 7.96. The van der Waals surface area contributed by atoms with E-state index in [1.807, 2.05) is 28.8 Å². The molecule has 0 saturated carbocycles. The van der Waals surface area contributed by atoms with E-state index in [9.17, 15) is 14.9 Å². The van der Waals surface area contributed by atoms with Crippen LogP contribution in [0.2, 0.25) is 0 Å². The van der Waals surface area contributed by atoms with Crippen molar-refractivity contribution in [3.05, 3.63) is 52.6 Å². The summed E-state index contributed by atoms with van der Waals surface area (Å²) < 4.78 is 12.2. The lowest BCUT2D eigenvalue weighted by atomic mass is 10.2. The molecule has 0 bridgehead atoms. The number of anilines is 1. The number of benzene rings is 2. The van der Waals surface area contributed by atoms with Crippen LogP contribution in [0.5, 0.6) is 11.5 Å². The van der Waals surface area contributed by atoms with Gasteiger partial charge in [-0.3, -0.25) is 14.9 Å². The molecule has 33 heavy (non-hydrogen) atoms. The number of rotatable bonds is 11. The summed E-state index contributed by atoms with van der Waals surface area (Å²) in [6.07, 6.45) is 1.92. The number of nitro groups is 1. The maximum atomic E-state index is 12.5. The number of nitrogens with zero attached hydrogens (tertiary/aromatic N) is 4. The van der Waals surface area contributed by atoms with E-state index in [1.54, 1.807) is 13.2 Å². The van der Waals surface area contributed by atoms with Gasteiger partial charge in [0.15, 0.2) is 11.0 Å². The van der Waals surface area contributed by atoms with Crippen LogP contribution in [0.15, 0.2) is 47.6 Å². The lowest BCUT2D eigenvalue weighted by molar-refractivity contribution is -0.384. The first-order valence-corrected chi connectivity index (χ1v) is 11.3. The number of carbonyl (C=O) groups is 1. The third-order valence-electron chi connectivity index (χ3n) is 4.81. The Morgan fingerprint density at radius 1 is 1.12 bits per heavy atom. The molecule has 11 heteroatoms. The van der Waals surface area contributed by atoms with Gasteiger partial charge >= 0.3 is 0 Å². The summed E-state index contributed by atoms with van der Waals surface area (Å²) in [4.78, 5) is 23.3. The Morgan fingerprint density at radius 2 is 1.82 bits per heavy atom. The van der Waals surface area contributed by atoms with Crippen molar-refractivity contribution in [3.63, 3.8) is 0 Å². The molecule has 1 N–H and O–H groups in total. The van der Waals surface area contributed by atoms with Crippen LogP contribution in [-0.2, 0) is 11.3 Å². The second kappa shape index (κ2) is 11.3. The minimum Gasteiger partial charge on any atom is -0.497 e. The van der Waals surface area contributed by atoms with Crippen LogP contribution in [0, 0.1) is 10.1 Å². The van der Waals surface area contributed by atoms with Gasteiger partial charge in [-0.05, 0) is 42.8 Å². The molecule has 0 unspecified atom stereocenters. The highest BCUT2D eigenvalue weighted by molar-refractivity contribution is 7.99. The van der Waals surface area contributed by atoms with E-state index in [0.717, 1.165) is 24.2 Å². The average molecular weight is 472 g/mol. The number of methoxy groups -OCH3 is 2. The zero-order valence-corrected chi connectivity index (χ0v) is 19.4. The fourth-order valence-electron chi connectivity index (χ4n) is 3.08. The van der Waals surface area contributed by atoms with E-state index < -0.39 is 4.92 Å². The summed E-state index contributed by atoms with van der Waals surface area (Å²) in [7, 11) is 3.03. The average Bonchev–Trinajstić information content (AvgIpc) is 3.24. The fourth-order valence-corrected chi connectivity index (χ4v) is 3.84. The van der Waals surface area contributed by atoms with Crippen LogP contribution in [-0.4, -0.2) is 45.6 Å². The maximum Gasteiger partial charge on any atom is 0.296 e. The summed E-state index contributed by atoms with van der Waals surface area (Å²) in [5.41, 5.74) is 0.767. The molecule has 1 aromatic heterocycles. The molecule has 2 aromatic carbocycles. The summed E-state index contributed by atoms with van der Waals surface area (Å²) in [6, 6.07) is 11.8. The maximum absolute atomic E-state index is 12.5. The van der Waals surface area contributed by atoms with Crippen molar-refractivity contribution in [2.24, 2.45) is 0 Å². The number of aromatic nitrogens is 3. The van der Waals surface area contributed by atoms with Crippen molar-refractivity contribution >= 4 is 29.0 Å². The van der Waals surface area contributed by atoms with Gasteiger partial charge in [0.2, 0.25) is 5.91 Å². The zero-order valence-electron chi connectivity index (χ0n) is 18.6. The lowest BCUT2D eigenvalue weighted by Gasteiger charge is -2.10. The highest BCUT2D eigenvalue weighted by Gasteiger charge is 2.19. The van der Waals surface area contributed by atoms with E-state index in [1.165, 1.54) is 31.0 Å². The van der Waals surface area contributed by atoms with Crippen molar-refractivity contribution in [1.82, 2.24) is 14.8 Å². The van der Waals surface area contributed by atoms with Crippen LogP contribution >= 0.6 is 11.8 Å². The minimum atomic E-state index is -0.562. The lowest BCUT2D eigenvalue weighted by Crippen LogP contribution is -2.16. The van der Waals surface area contributed by atoms with Gasteiger partial charge in [-0.25, -0.2) is 0 Å². The van der Waals surface area contributed by atoms with Gasteiger partial charge in [0.05, 0.1) is 31.0 Å². The van der Waals surface area contributed by atoms with Crippen LogP contribution in [0.1, 0.15) is 19.8 Å². The quantitative estimate of drug-likeness (QED) is 0.248. The van der Waals surface area contributed by atoms with E-state index in [-0.39, 0.29) is 23.0 Å². The fraction of sp³-hybridized carbons (Fsp3) is 0.318. The van der Waals surface area contributed by atoms with Gasteiger partial charge in [0, 0.05) is 12.1 Å². The molecule has 0 aliphatic carbocycles. The van der Waals surface area contributed by atoms with E-state index in [2.05, 4.69) is 22.4 Å². The van der Waals surface area contributed by atoms with Crippen LogP contribution in [0.25, 0.3) is 11.4 Å². The Kier molecular flexibility index (Phi) is 8.25. The number of thioether (sulfide) groups is 1. The molecule has 3 rings (SSSR count). The largest absolute Gasteiger partial charge is 0.497 e. The van der Waals surface area contributed by atoms with Gasteiger partial charge in [0.25, 0.3) is 5.69 Å². The molecule has 0 saturated heterocycles. The van der Waals surface area contributed by atoms with Crippen LogP contribution in [0.3, 0.4) is 0 Å². The van der Waals surface area contributed by atoms with E-state index >= 15 is 0 Å². The number of nitrogens with one attached hydrogen (secondary N) is 1. The molecule has 3 aromatic rings. The molecule has 1 heterocycles. The molecule has 0 atom stereocenters. The molecular weight excluding hydrogens is 446 g/mol. The molecule has 0 spiro atoms. The van der Waals surface area contributed by atoms with Gasteiger partial charge in [-0.1, -0.05) is 25.1 Å². The van der Waals surface area contributed by atoms with Gasteiger partial charge in [-0.15, -0.1) is 10.2 Å². The zero-order chi connectivity index (χ0) is 23.8. The molecular formula is C22H25N5O5S. The third-order valence-corrected chi connectivity index (χ3v) is 5.78. The molecule has 0 radical (unpaired) electrons. The highest BCUT2D eigenvalue weighted by atomic mass is 32.2. The topological polar surface area (TPSA) is 121 Å². The molecule has 0 aliphatic heterocycles. The SMILES string of the molecule is CCCCn1c(SCC(=O)Nc2ccc(OC)cc2[N+](=O)[O-])nnc1-c1ccc(OC)cc1. The number of hydrogen-bond acceptors (Lipinski definition) is 8. The molecule has 0 fully saturated rings. The first kappa shape index (κ1) is 24.1. The summed E-state index contributed by atoms with van der Waals surface area (Å²) >= 11 is 1.23. The number of hydrogen-bond donors (Lipinski definition) is 1. The normalized spacial score (nSPS) is 10.6. The van der Waals surface area contributed by atoms with Gasteiger partial charge in [-0.2, -0.15) is 0 Å². The summed E-state index contributed by atoms with van der Waals surface area (Å²) in [6.45, 7) is 2.80. The van der Waals surface area contributed by atoms with Gasteiger partial charge < -0.3 is 19.4 Å². The minimum absolute atomic E-state index is 0.0239.